The average Bonchev–Trinajstić information content (AvgIpc) is 2.97. The van der Waals surface area contributed by atoms with Crippen LogP contribution in [-0.2, 0) is 14.3 Å². The first-order chi connectivity index (χ1) is 14.7. The van der Waals surface area contributed by atoms with E-state index in [-0.39, 0.29) is 23.5 Å². The fourth-order valence-corrected chi connectivity index (χ4v) is 3.62. The van der Waals surface area contributed by atoms with E-state index in [0.29, 0.717) is 5.69 Å². The summed E-state index contributed by atoms with van der Waals surface area (Å²) in [6.45, 7) is 7.07. The highest BCUT2D eigenvalue weighted by Crippen LogP contribution is 2.27. The van der Waals surface area contributed by atoms with E-state index < -0.39 is 36.3 Å². The minimum Gasteiger partial charge on any atom is -0.454 e. The van der Waals surface area contributed by atoms with Crippen molar-refractivity contribution in [3.63, 3.8) is 0 Å². The highest BCUT2D eigenvalue weighted by atomic mass is 16.5. The van der Waals surface area contributed by atoms with Gasteiger partial charge in [-0.25, -0.2) is 4.79 Å². The van der Waals surface area contributed by atoms with E-state index >= 15 is 0 Å². The predicted octanol–water partition coefficient (Wildman–Crippen LogP) is 3.50. The number of aryl methyl sites for hydroxylation is 2. The second-order valence-corrected chi connectivity index (χ2v) is 8.15. The number of carbonyl (C=O) groups is 4. The molecule has 0 saturated heterocycles. The third-order valence-electron chi connectivity index (χ3n) is 5.11. The molecule has 0 unspecified atom stereocenters. The zero-order valence-corrected chi connectivity index (χ0v) is 18.1. The van der Waals surface area contributed by atoms with E-state index in [1.807, 2.05) is 39.8 Å². The van der Waals surface area contributed by atoms with Gasteiger partial charge in [-0.05, 0) is 49.9 Å². The number of rotatable bonds is 7. The molecule has 1 N–H and O–H groups in total. The number of hydrogen-bond donors (Lipinski definition) is 1. The molecule has 0 spiro atoms. The largest absolute Gasteiger partial charge is 0.454 e. The van der Waals surface area contributed by atoms with Crippen LogP contribution in [0.4, 0.5) is 5.69 Å². The van der Waals surface area contributed by atoms with Crippen molar-refractivity contribution in [2.75, 3.05) is 11.9 Å². The number of esters is 1. The molecular formula is C24H26N2O5. The number of amides is 3. The van der Waals surface area contributed by atoms with Crippen molar-refractivity contribution in [1.82, 2.24) is 4.90 Å². The Morgan fingerprint density at radius 1 is 1.00 bits per heavy atom. The van der Waals surface area contributed by atoms with Crippen molar-refractivity contribution in [1.29, 1.82) is 0 Å². The molecular weight excluding hydrogens is 396 g/mol. The quantitative estimate of drug-likeness (QED) is 0.545. The molecule has 162 valence electrons. The summed E-state index contributed by atoms with van der Waals surface area (Å²) in [4.78, 5) is 51.7. The lowest BCUT2D eigenvalue weighted by Crippen LogP contribution is -2.46. The van der Waals surface area contributed by atoms with E-state index in [4.69, 9.17) is 4.74 Å². The summed E-state index contributed by atoms with van der Waals surface area (Å²) in [6, 6.07) is 10.9. The van der Waals surface area contributed by atoms with Gasteiger partial charge in [0.05, 0.1) is 11.1 Å². The van der Waals surface area contributed by atoms with Gasteiger partial charge in [-0.1, -0.05) is 43.7 Å². The van der Waals surface area contributed by atoms with Crippen LogP contribution in [0, 0.1) is 19.8 Å². The minimum atomic E-state index is -1.10. The summed E-state index contributed by atoms with van der Waals surface area (Å²) in [6.07, 6.45) is 0.239. The third-order valence-corrected chi connectivity index (χ3v) is 5.11. The van der Waals surface area contributed by atoms with Gasteiger partial charge in [0.2, 0.25) is 0 Å². The van der Waals surface area contributed by atoms with E-state index in [1.165, 1.54) is 0 Å². The second kappa shape index (κ2) is 9.12. The Kier molecular flexibility index (Phi) is 6.53. The lowest BCUT2D eigenvalue weighted by Gasteiger charge is -2.25. The number of anilines is 1. The molecule has 1 atom stereocenters. The van der Waals surface area contributed by atoms with Gasteiger partial charge in [0.25, 0.3) is 17.7 Å². The van der Waals surface area contributed by atoms with Gasteiger partial charge in [0.15, 0.2) is 6.61 Å². The van der Waals surface area contributed by atoms with Crippen LogP contribution in [0.15, 0.2) is 42.5 Å². The minimum absolute atomic E-state index is 0.0193. The van der Waals surface area contributed by atoms with Gasteiger partial charge < -0.3 is 10.1 Å². The summed E-state index contributed by atoms with van der Waals surface area (Å²) >= 11 is 0. The Morgan fingerprint density at radius 2 is 1.61 bits per heavy atom. The monoisotopic (exact) mass is 422 g/mol. The Bertz CT molecular complexity index is 1010. The van der Waals surface area contributed by atoms with Crippen molar-refractivity contribution in [2.24, 2.45) is 5.92 Å². The lowest BCUT2D eigenvalue weighted by atomic mass is 10.0. The van der Waals surface area contributed by atoms with Crippen molar-refractivity contribution in [3.8, 4) is 0 Å². The van der Waals surface area contributed by atoms with Crippen LogP contribution >= 0.6 is 0 Å². The van der Waals surface area contributed by atoms with Crippen LogP contribution in [0.1, 0.15) is 52.1 Å². The molecule has 0 aliphatic carbocycles. The number of imide groups is 1. The maximum Gasteiger partial charge on any atom is 0.329 e. The summed E-state index contributed by atoms with van der Waals surface area (Å²) in [7, 11) is 0. The first kappa shape index (κ1) is 22.2. The number of nitrogens with zero attached hydrogens (tertiary/aromatic N) is 1. The average molecular weight is 422 g/mol. The molecule has 1 aliphatic heterocycles. The first-order valence-electron chi connectivity index (χ1n) is 10.2. The zero-order chi connectivity index (χ0) is 22.7. The van der Waals surface area contributed by atoms with E-state index in [0.717, 1.165) is 16.0 Å². The molecule has 7 heteroatoms. The molecule has 0 saturated carbocycles. The Labute approximate surface area is 181 Å². The number of carbonyl (C=O) groups excluding carboxylic acids is 4. The van der Waals surface area contributed by atoms with Crippen molar-refractivity contribution < 1.29 is 23.9 Å². The Morgan fingerprint density at radius 3 is 2.16 bits per heavy atom. The van der Waals surface area contributed by atoms with E-state index in [9.17, 15) is 19.2 Å². The molecule has 0 bridgehead atoms. The van der Waals surface area contributed by atoms with Gasteiger partial charge in [-0.15, -0.1) is 0 Å². The van der Waals surface area contributed by atoms with Crippen LogP contribution in [-0.4, -0.2) is 41.2 Å². The van der Waals surface area contributed by atoms with Gasteiger partial charge in [0.1, 0.15) is 6.04 Å². The number of ether oxygens (including phenoxy) is 1. The van der Waals surface area contributed by atoms with E-state index in [2.05, 4.69) is 5.32 Å². The topological polar surface area (TPSA) is 92.8 Å². The molecule has 0 aromatic heterocycles. The smallest absolute Gasteiger partial charge is 0.329 e. The normalized spacial score (nSPS) is 13.9. The van der Waals surface area contributed by atoms with Gasteiger partial charge >= 0.3 is 5.97 Å². The fourth-order valence-electron chi connectivity index (χ4n) is 3.62. The molecule has 1 heterocycles. The highest BCUT2D eigenvalue weighted by molar-refractivity contribution is 6.22. The third kappa shape index (κ3) is 4.82. The van der Waals surface area contributed by atoms with Crippen molar-refractivity contribution in [2.45, 2.75) is 40.2 Å². The summed E-state index contributed by atoms with van der Waals surface area (Å²) in [5.74, 6) is -2.30. The summed E-state index contributed by atoms with van der Waals surface area (Å²) in [5.41, 5.74) is 3.12. The Hall–Kier alpha value is -3.48. The molecule has 0 radical (unpaired) electrons. The highest BCUT2D eigenvalue weighted by Gasteiger charge is 2.43. The molecule has 7 nitrogen and oxygen atoms in total. The van der Waals surface area contributed by atoms with Crippen LogP contribution in [0.2, 0.25) is 0 Å². The lowest BCUT2D eigenvalue weighted by molar-refractivity contribution is -0.151. The maximum atomic E-state index is 12.8. The van der Waals surface area contributed by atoms with E-state index in [1.54, 1.807) is 30.3 Å². The maximum absolute atomic E-state index is 12.8. The Balaban J connectivity index is 1.70. The van der Waals surface area contributed by atoms with Crippen LogP contribution in [0.25, 0.3) is 0 Å². The van der Waals surface area contributed by atoms with Crippen LogP contribution in [0.5, 0.6) is 0 Å². The van der Waals surface area contributed by atoms with Crippen molar-refractivity contribution in [3.05, 3.63) is 64.7 Å². The summed E-state index contributed by atoms with van der Waals surface area (Å²) in [5, 5.41) is 2.71. The first-order valence-corrected chi connectivity index (χ1v) is 10.2. The zero-order valence-electron chi connectivity index (χ0n) is 18.1. The van der Waals surface area contributed by atoms with Gasteiger partial charge in [-0.3, -0.25) is 19.3 Å². The predicted molar refractivity (Wildman–Crippen MR) is 116 cm³/mol. The second-order valence-electron chi connectivity index (χ2n) is 8.15. The standard InChI is InChI=1S/C24H26N2O5/c1-14(2)11-20(26-22(28)17-7-5-6-8-18(17)23(26)29)24(30)31-13-21(27)25-19-10-9-15(3)12-16(19)4/h5-10,12,14,20H,11,13H2,1-4H3,(H,25,27)/t20-/m1/s1. The number of nitrogens with one attached hydrogen (secondary N) is 1. The molecule has 0 fully saturated rings. The number of fused-ring (bicyclic) bond motifs is 1. The van der Waals surface area contributed by atoms with Crippen LogP contribution < -0.4 is 5.32 Å². The SMILES string of the molecule is Cc1ccc(NC(=O)COC(=O)[C@@H](CC(C)C)N2C(=O)c3ccccc3C2=O)c(C)c1. The van der Waals surface area contributed by atoms with Crippen LogP contribution in [0.3, 0.4) is 0 Å². The molecule has 1 aliphatic rings. The molecule has 3 amide bonds. The van der Waals surface area contributed by atoms with Gasteiger partial charge in [0, 0.05) is 5.69 Å². The number of benzene rings is 2. The molecule has 3 rings (SSSR count). The fraction of sp³-hybridized carbons (Fsp3) is 0.333. The molecule has 31 heavy (non-hydrogen) atoms. The number of hydrogen-bond acceptors (Lipinski definition) is 5. The summed E-state index contributed by atoms with van der Waals surface area (Å²) < 4.78 is 5.21. The van der Waals surface area contributed by atoms with Gasteiger partial charge in [-0.2, -0.15) is 0 Å². The molecule has 2 aromatic rings. The van der Waals surface area contributed by atoms with Crippen molar-refractivity contribution >= 4 is 29.4 Å². The molecule has 2 aromatic carbocycles.